The first-order chi connectivity index (χ1) is 13.4. The molecule has 7 nitrogen and oxygen atoms in total. The number of rotatable bonds is 4. The Hall–Kier alpha value is -2.90. The predicted molar refractivity (Wildman–Crippen MR) is 105 cm³/mol. The van der Waals surface area contributed by atoms with Gasteiger partial charge in [-0.25, -0.2) is 9.59 Å². The molecule has 1 aliphatic rings. The molecule has 0 fully saturated rings. The van der Waals surface area contributed by atoms with Crippen LogP contribution in [-0.2, 0) is 27.3 Å². The summed E-state index contributed by atoms with van der Waals surface area (Å²) in [7, 11) is 0. The van der Waals surface area contributed by atoms with E-state index < -0.39 is 11.9 Å². The van der Waals surface area contributed by atoms with Crippen molar-refractivity contribution in [2.24, 2.45) is 0 Å². The second kappa shape index (κ2) is 10.4. The number of hydrogen-bond acceptors (Lipinski definition) is 4. The van der Waals surface area contributed by atoms with Gasteiger partial charge in [0.05, 0.1) is 10.7 Å². The summed E-state index contributed by atoms with van der Waals surface area (Å²) in [6.07, 6.45) is 1.54. The molecule has 0 bridgehead atoms. The van der Waals surface area contributed by atoms with Crippen LogP contribution >= 0.6 is 11.6 Å². The van der Waals surface area contributed by atoms with Crippen LogP contribution in [0.3, 0.4) is 0 Å². The first-order valence-electron chi connectivity index (χ1n) is 8.66. The van der Waals surface area contributed by atoms with Crippen LogP contribution in [0.4, 0.5) is 5.69 Å². The lowest BCUT2D eigenvalue weighted by atomic mass is 10.00. The van der Waals surface area contributed by atoms with E-state index in [1.165, 1.54) is 11.1 Å². The van der Waals surface area contributed by atoms with Gasteiger partial charge in [0.2, 0.25) is 5.91 Å². The molecule has 0 aliphatic carbocycles. The average Bonchev–Trinajstić information content (AvgIpc) is 2.68. The van der Waals surface area contributed by atoms with Gasteiger partial charge in [-0.2, -0.15) is 0 Å². The molecule has 8 heteroatoms. The molecule has 0 saturated carbocycles. The third-order valence-electron chi connectivity index (χ3n) is 4.20. The SMILES string of the molecule is O=C(CCN1CCc2ccccc2C1)Nc1ccccc1Cl.O=C(O)C(=O)O. The number of halogens is 1. The maximum atomic E-state index is 12.1. The van der Waals surface area contributed by atoms with Gasteiger partial charge in [0.25, 0.3) is 0 Å². The van der Waals surface area contributed by atoms with E-state index in [2.05, 4.69) is 34.5 Å². The topological polar surface area (TPSA) is 107 Å². The molecule has 0 atom stereocenters. The van der Waals surface area contributed by atoms with E-state index in [0.29, 0.717) is 17.1 Å². The van der Waals surface area contributed by atoms with Gasteiger partial charge >= 0.3 is 11.9 Å². The largest absolute Gasteiger partial charge is 0.473 e. The molecule has 1 heterocycles. The normalized spacial score (nSPS) is 12.9. The van der Waals surface area contributed by atoms with E-state index in [1.807, 2.05) is 18.2 Å². The van der Waals surface area contributed by atoms with Gasteiger partial charge in [0, 0.05) is 26.1 Å². The summed E-state index contributed by atoms with van der Waals surface area (Å²) in [5.41, 5.74) is 3.48. The number of carbonyl (C=O) groups excluding carboxylic acids is 1. The smallest absolute Gasteiger partial charge is 0.414 e. The number of para-hydroxylation sites is 1. The van der Waals surface area contributed by atoms with Crippen LogP contribution < -0.4 is 5.32 Å². The third-order valence-corrected chi connectivity index (χ3v) is 4.53. The fraction of sp³-hybridized carbons (Fsp3) is 0.250. The van der Waals surface area contributed by atoms with Crippen LogP contribution in [-0.4, -0.2) is 46.0 Å². The Morgan fingerprint density at radius 3 is 2.21 bits per heavy atom. The molecule has 1 amide bonds. The highest BCUT2D eigenvalue weighted by Crippen LogP contribution is 2.21. The van der Waals surface area contributed by atoms with Crippen molar-refractivity contribution in [1.82, 2.24) is 4.90 Å². The molecular weight excluding hydrogens is 384 g/mol. The first-order valence-corrected chi connectivity index (χ1v) is 9.04. The maximum Gasteiger partial charge on any atom is 0.414 e. The lowest BCUT2D eigenvalue weighted by Gasteiger charge is -2.28. The predicted octanol–water partition coefficient (Wildman–Crippen LogP) is 2.88. The summed E-state index contributed by atoms with van der Waals surface area (Å²) in [6, 6.07) is 15.8. The van der Waals surface area contributed by atoms with Crippen LogP contribution in [0.2, 0.25) is 5.02 Å². The lowest BCUT2D eigenvalue weighted by Crippen LogP contribution is -2.33. The third kappa shape index (κ3) is 6.68. The molecule has 1 aliphatic heterocycles. The minimum Gasteiger partial charge on any atom is -0.473 e. The molecule has 0 saturated heterocycles. The van der Waals surface area contributed by atoms with Crippen LogP contribution in [0, 0.1) is 0 Å². The Labute approximate surface area is 167 Å². The van der Waals surface area contributed by atoms with Crippen molar-refractivity contribution in [3.8, 4) is 0 Å². The highest BCUT2D eigenvalue weighted by molar-refractivity contribution is 6.33. The number of anilines is 1. The van der Waals surface area contributed by atoms with Gasteiger partial charge in [0.1, 0.15) is 0 Å². The van der Waals surface area contributed by atoms with Gasteiger partial charge in [-0.3, -0.25) is 9.69 Å². The van der Waals surface area contributed by atoms with Crippen LogP contribution in [0.5, 0.6) is 0 Å². The molecular formula is C20H21ClN2O5. The maximum absolute atomic E-state index is 12.1. The fourth-order valence-corrected chi connectivity index (χ4v) is 2.96. The summed E-state index contributed by atoms with van der Waals surface area (Å²) < 4.78 is 0. The van der Waals surface area contributed by atoms with E-state index in [0.717, 1.165) is 26.1 Å². The van der Waals surface area contributed by atoms with Crippen molar-refractivity contribution in [1.29, 1.82) is 0 Å². The van der Waals surface area contributed by atoms with Crippen molar-refractivity contribution >= 4 is 35.1 Å². The number of nitrogens with zero attached hydrogens (tertiary/aromatic N) is 1. The number of amides is 1. The molecule has 0 unspecified atom stereocenters. The number of carboxylic acid groups (broad SMARTS) is 2. The summed E-state index contributed by atoms with van der Waals surface area (Å²) in [5.74, 6) is -3.64. The Kier molecular flexibility index (Phi) is 7.98. The molecule has 0 spiro atoms. The number of benzene rings is 2. The molecule has 0 radical (unpaired) electrons. The van der Waals surface area contributed by atoms with Gasteiger partial charge in [-0.05, 0) is 29.7 Å². The summed E-state index contributed by atoms with van der Waals surface area (Å²) in [6.45, 7) is 2.70. The van der Waals surface area contributed by atoms with Crippen molar-refractivity contribution in [3.05, 3.63) is 64.7 Å². The molecule has 3 rings (SSSR count). The zero-order valence-electron chi connectivity index (χ0n) is 15.1. The number of carboxylic acids is 2. The zero-order valence-corrected chi connectivity index (χ0v) is 15.9. The number of fused-ring (bicyclic) bond motifs is 1. The highest BCUT2D eigenvalue weighted by atomic mass is 35.5. The van der Waals surface area contributed by atoms with E-state index in [1.54, 1.807) is 6.07 Å². The minimum absolute atomic E-state index is 0.00644. The number of hydrogen-bond donors (Lipinski definition) is 3. The second-order valence-corrected chi connectivity index (χ2v) is 6.59. The summed E-state index contributed by atoms with van der Waals surface area (Å²) in [4.78, 5) is 32.6. The van der Waals surface area contributed by atoms with Crippen molar-refractivity contribution in [2.75, 3.05) is 18.4 Å². The van der Waals surface area contributed by atoms with Crippen molar-refractivity contribution in [2.45, 2.75) is 19.4 Å². The Balaban J connectivity index is 0.000000409. The summed E-state index contributed by atoms with van der Waals surface area (Å²) >= 11 is 6.05. The van der Waals surface area contributed by atoms with Crippen LogP contribution in [0.25, 0.3) is 0 Å². The Morgan fingerprint density at radius 2 is 1.57 bits per heavy atom. The molecule has 28 heavy (non-hydrogen) atoms. The molecule has 2 aromatic carbocycles. The monoisotopic (exact) mass is 404 g/mol. The number of aliphatic carboxylic acids is 2. The van der Waals surface area contributed by atoms with Crippen LogP contribution in [0.1, 0.15) is 17.5 Å². The Morgan fingerprint density at radius 1 is 0.964 bits per heavy atom. The van der Waals surface area contributed by atoms with Crippen molar-refractivity contribution in [3.63, 3.8) is 0 Å². The van der Waals surface area contributed by atoms with Crippen molar-refractivity contribution < 1.29 is 24.6 Å². The van der Waals surface area contributed by atoms with Gasteiger partial charge in [-0.15, -0.1) is 0 Å². The zero-order chi connectivity index (χ0) is 20.5. The number of carbonyl (C=O) groups is 3. The molecule has 148 valence electrons. The molecule has 0 aromatic heterocycles. The van der Waals surface area contributed by atoms with Crippen LogP contribution in [0.15, 0.2) is 48.5 Å². The van der Waals surface area contributed by atoms with Gasteiger partial charge in [0.15, 0.2) is 0 Å². The minimum atomic E-state index is -1.82. The second-order valence-electron chi connectivity index (χ2n) is 6.18. The molecule has 2 aromatic rings. The van der Waals surface area contributed by atoms with Gasteiger partial charge in [-0.1, -0.05) is 48.0 Å². The quantitative estimate of drug-likeness (QED) is 0.676. The highest BCUT2D eigenvalue weighted by Gasteiger charge is 2.16. The Bertz CT molecular complexity index is 844. The first kappa shape index (κ1) is 21.4. The number of nitrogens with one attached hydrogen (secondary N) is 1. The standard InChI is InChI=1S/C18H19ClN2O.C2H2O4/c19-16-7-3-4-8-17(16)20-18(22)10-12-21-11-9-14-5-1-2-6-15(14)13-21;3-1(4)2(5)6/h1-8H,9-13H2,(H,20,22);(H,3,4)(H,5,6). The average molecular weight is 405 g/mol. The van der Waals surface area contributed by atoms with E-state index >= 15 is 0 Å². The lowest BCUT2D eigenvalue weighted by molar-refractivity contribution is -0.159. The van der Waals surface area contributed by atoms with E-state index in [9.17, 15) is 4.79 Å². The fourth-order valence-electron chi connectivity index (χ4n) is 2.78. The molecule has 3 N–H and O–H groups in total. The van der Waals surface area contributed by atoms with E-state index in [4.69, 9.17) is 31.4 Å². The van der Waals surface area contributed by atoms with Gasteiger partial charge < -0.3 is 15.5 Å². The summed E-state index contributed by atoms with van der Waals surface area (Å²) in [5, 5.41) is 18.2. The van der Waals surface area contributed by atoms with E-state index in [-0.39, 0.29) is 5.91 Å².